The van der Waals surface area contributed by atoms with E-state index < -0.39 is 12.3 Å². The summed E-state index contributed by atoms with van der Waals surface area (Å²) in [6, 6.07) is 53.6. The zero-order valence-electron chi connectivity index (χ0n) is 46.5. The van der Waals surface area contributed by atoms with Crippen molar-refractivity contribution in [2.45, 2.75) is 119 Å². The molecule has 0 atom stereocenters. The number of para-hydroxylation sites is 1. The molecule has 9 rings (SSSR count). The first kappa shape index (κ1) is 47.0. The Hall–Kier alpha value is -6.35. The fraction of sp³-hybridized carbons (Fsp3) is 0.273. The molecule has 0 saturated heterocycles. The number of phenols is 1. The fourth-order valence-corrected chi connectivity index (χ4v) is 9.70. The van der Waals surface area contributed by atoms with E-state index in [9.17, 15) is 9.22 Å². The Bertz CT molecular complexity index is 3540. The Morgan fingerprint density at radius 1 is 0.535 bits per heavy atom. The van der Waals surface area contributed by atoms with Gasteiger partial charge in [0.2, 0.25) is 0 Å². The van der Waals surface area contributed by atoms with Crippen molar-refractivity contribution in [1.29, 1.82) is 0 Å². The van der Waals surface area contributed by atoms with E-state index in [4.69, 9.17) is 9.97 Å². The molecule has 0 saturated carbocycles. The topological polar surface area (TPSA) is 50.9 Å². The number of aromatic hydroxyl groups is 1. The zero-order chi connectivity index (χ0) is 52.6. The monoisotopic (exact) mass is 1120 g/mol. The first-order valence-corrected chi connectivity index (χ1v) is 24.5. The zero-order valence-corrected chi connectivity index (χ0v) is 45.8. The summed E-state index contributed by atoms with van der Waals surface area (Å²) in [5, 5.41) is 12.4. The molecule has 1 N–H and O–H groups in total. The third-order valence-electron chi connectivity index (χ3n) is 13.6. The van der Waals surface area contributed by atoms with Crippen LogP contribution in [-0.2, 0) is 42.7 Å². The average molecular weight is 1120 g/mol. The molecule has 2 aromatic heterocycles. The van der Waals surface area contributed by atoms with Gasteiger partial charge in [0.05, 0.1) is 22.3 Å². The summed E-state index contributed by atoms with van der Waals surface area (Å²) in [7, 11) is 0. The van der Waals surface area contributed by atoms with Gasteiger partial charge in [0.25, 0.3) is 0 Å². The van der Waals surface area contributed by atoms with Crippen LogP contribution < -0.4 is 0 Å². The second kappa shape index (κ2) is 19.0. The molecule has 0 radical (unpaired) electrons. The molecule has 0 spiro atoms. The number of hydrogen-bond donors (Lipinski definition) is 1. The summed E-state index contributed by atoms with van der Waals surface area (Å²) in [6.45, 7) is 25.6. The van der Waals surface area contributed by atoms with E-state index in [0.29, 0.717) is 28.1 Å². The predicted molar refractivity (Wildman–Crippen MR) is 296 cm³/mol. The van der Waals surface area contributed by atoms with Crippen LogP contribution >= 0.6 is 0 Å². The second-order valence-corrected chi connectivity index (χ2v) is 23.2. The average Bonchev–Trinajstić information content (AvgIpc) is 3.72. The summed E-state index contributed by atoms with van der Waals surface area (Å²) in [4.78, 5) is 10.4. The minimum atomic E-state index is -2.55. The smallest absolute Gasteiger partial charge is 0.148 e. The van der Waals surface area contributed by atoms with Crippen LogP contribution in [0.2, 0.25) is 0 Å². The van der Waals surface area contributed by atoms with E-state index in [1.165, 1.54) is 5.56 Å². The maximum Gasteiger partial charge on any atom is 0.148 e. The molecule has 0 fully saturated rings. The molecule has 71 heavy (non-hydrogen) atoms. The normalized spacial score (nSPS) is 13.1. The number of aromatic nitrogens is 3. The first-order valence-electron chi connectivity index (χ1n) is 26.0. The number of rotatable bonds is 7. The number of nitrogens with zero attached hydrogens (tertiary/aromatic N) is 3. The van der Waals surface area contributed by atoms with Crippen LogP contribution in [0.15, 0.2) is 152 Å². The summed E-state index contributed by atoms with van der Waals surface area (Å²) >= 11 is 0. The Balaban J connectivity index is 0.00000729. The molecule has 0 amide bonds. The van der Waals surface area contributed by atoms with E-state index in [0.717, 1.165) is 78.0 Å². The van der Waals surface area contributed by atoms with Gasteiger partial charge < -0.3 is 5.11 Å². The largest absolute Gasteiger partial charge is 0.507 e. The Morgan fingerprint density at radius 3 is 1.85 bits per heavy atom. The third-order valence-corrected chi connectivity index (χ3v) is 13.6. The van der Waals surface area contributed by atoms with Gasteiger partial charge in [0, 0.05) is 42.6 Å². The third kappa shape index (κ3) is 10.1. The number of aryl methyl sites for hydroxylation is 2. The van der Waals surface area contributed by atoms with Gasteiger partial charge in [0.1, 0.15) is 11.6 Å². The summed E-state index contributed by atoms with van der Waals surface area (Å²) < 4.78 is 29.7. The summed E-state index contributed by atoms with van der Waals surface area (Å²) in [5.41, 5.74) is 16.2. The number of fused-ring (bicyclic) bond motifs is 1. The molecule has 9 aromatic rings. The molecule has 364 valence electrons. The van der Waals surface area contributed by atoms with Gasteiger partial charge in [-0.3, -0.25) is 9.55 Å². The van der Waals surface area contributed by atoms with Crippen molar-refractivity contribution in [2.75, 3.05) is 0 Å². The van der Waals surface area contributed by atoms with Crippen molar-refractivity contribution in [1.82, 2.24) is 14.5 Å². The van der Waals surface area contributed by atoms with Crippen LogP contribution in [-0.4, -0.2) is 19.6 Å². The second-order valence-electron chi connectivity index (χ2n) is 23.2. The van der Waals surface area contributed by atoms with E-state index in [-0.39, 0.29) is 48.6 Å². The van der Waals surface area contributed by atoms with E-state index in [2.05, 4.69) is 174 Å². The number of benzene rings is 7. The molecule has 0 aliphatic heterocycles. The molecule has 7 aromatic carbocycles. The summed E-state index contributed by atoms with van der Waals surface area (Å²) in [6.07, 6.45) is 1.87. The first-order chi connectivity index (χ1) is 34.2. The van der Waals surface area contributed by atoms with E-state index >= 15 is 0 Å². The van der Waals surface area contributed by atoms with Crippen molar-refractivity contribution in [3.05, 3.63) is 191 Å². The maximum absolute atomic E-state index is 12.4. The maximum atomic E-state index is 12.4. The number of hydrogen-bond acceptors (Lipinski definition) is 3. The molecule has 5 heteroatoms. The molecule has 0 aliphatic rings. The summed E-state index contributed by atoms with van der Waals surface area (Å²) in [5.74, 6) is 0.545. The van der Waals surface area contributed by atoms with Crippen LogP contribution in [0.3, 0.4) is 0 Å². The minimum absolute atomic E-state index is 0. The Kier molecular flexibility index (Phi) is 12.6. The van der Waals surface area contributed by atoms with Gasteiger partial charge in [-0.1, -0.05) is 197 Å². The Morgan fingerprint density at radius 2 is 1.18 bits per heavy atom. The van der Waals surface area contributed by atoms with Gasteiger partial charge in [-0.05, 0) is 121 Å². The molecular weight excluding hydrogens is 1050 g/mol. The predicted octanol–water partition coefficient (Wildman–Crippen LogP) is 17.7. The minimum Gasteiger partial charge on any atom is -0.507 e. The molecule has 0 aliphatic carbocycles. The van der Waals surface area contributed by atoms with Crippen LogP contribution in [0.4, 0.5) is 0 Å². The van der Waals surface area contributed by atoms with Gasteiger partial charge in [-0.15, -0.1) is 29.3 Å². The number of pyridine rings is 1. The molecule has 0 bridgehead atoms. The van der Waals surface area contributed by atoms with Crippen molar-refractivity contribution >= 4 is 11.0 Å². The van der Waals surface area contributed by atoms with E-state index in [1.54, 1.807) is 0 Å². The van der Waals surface area contributed by atoms with Gasteiger partial charge in [-0.2, -0.15) is 0 Å². The molecular formula is C66H68N3OPt-. The van der Waals surface area contributed by atoms with E-state index in [1.807, 2.05) is 78.4 Å². The number of imidazole rings is 1. The van der Waals surface area contributed by atoms with Crippen LogP contribution in [0.5, 0.6) is 5.75 Å². The molecule has 0 unspecified atom stereocenters. The van der Waals surface area contributed by atoms with Gasteiger partial charge >= 0.3 is 0 Å². The quantitative estimate of drug-likeness (QED) is 0.162. The van der Waals surface area contributed by atoms with Crippen LogP contribution in [0.25, 0.3) is 83.9 Å². The van der Waals surface area contributed by atoms with Crippen molar-refractivity contribution < 1.29 is 30.3 Å². The van der Waals surface area contributed by atoms with Crippen LogP contribution in [0.1, 0.15) is 121 Å². The van der Waals surface area contributed by atoms with Crippen molar-refractivity contribution in [3.8, 4) is 78.6 Å². The van der Waals surface area contributed by atoms with Crippen molar-refractivity contribution in [2.24, 2.45) is 0 Å². The fourth-order valence-electron chi connectivity index (χ4n) is 9.70. The number of phenolic OH excluding ortho intramolecular Hbond substituents is 1. The van der Waals surface area contributed by atoms with Gasteiger partial charge in [-0.25, -0.2) is 4.98 Å². The standard InChI is InChI=1S/C66H68N3O.Pt/c1-41-34-53(61(70)55(35-41)66(12,13)14)62-68-60-52(47-37-48(39-50(38-47)64(6,7)8)56-40-45(32-33-67-56)43-26-29-49(30-27-43)63(3,4)5)23-19-25-58(60)69(62)57-31-28-46(36-42(57)2)59-51(44-20-16-15-17-21-44)22-18-24-54(59)65(9,10)11;/h15-36,38-40,70H,1-14H3;/q-1;/i2D3;. The SMILES string of the molecule is [2H]C([2H])([2H])c1cc(-c2c(-c3ccccc3)cccc2C(C)(C)C)ccc1-n1c(-c2cc(C)cc(C(C)(C)C)c2O)nc2c(-c3[c-]c(-c4cc(-c5ccc(C(C)(C)C)cc5)ccn4)cc(C(C)(C)C)c3)cccc21.[Pt]. The molecule has 2 heterocycles. The van der Waals surface area contributed by atoms with Crippen molar-refractivity contribution in [3.63, 3.8) is 0 Å². The molecule has 4 nitrogen and oxygen atoms in total. The van der Waals surface area contributed by atoms with Gasteiger partial charge in [0.15, 0.2) is 0 Å². The van der Waals surface area contributed by atoms with Crippen LogP contribution in [0, 0.1) is 19.8 Å². The Labute approximate surface area is 441 Å².